The molecule has 0 aliphatic rings. The number of hydrogen-bond acceptors (Lipinski definition) is 3. The molecule has 0 aliphatic carbocycles. The van der Waals surface area contributed by atoms with Crippen LogP contribution in [0.2, 0.25) is 0 Å². The van der Waals surface area contributed by atoms with Crippen LogP contribution in [0.25, 0.3) is 0 Å². The quantitative estimate of drug-likeness (QED) is 0.193. The SMILES string of the molecule is CC.CC.CC(C)(C[C-]=[W])c1ccccc1.CC(C)=C(C)C(=O)N(C)C.CN([C-]=[W])c1ccn(C)n1.C[C-]=[W].[W].[W].[W]. The Kier molecular flexibility index (Phi) is 53.6. The fourth-order valence-electron chi connectivity index (χ4n) is 2.35. The molecule has 0 spiro atoms. The molecule has 0 atom stereocenters. The van der Waals surface area contributed by atoms with Gasteiger partial charge in [-0.25, -0.2) is 0 Å². The van der Waals surface area contributed by atoms with E-state index >= 15 is 0 Å². The number of anilines is 1. The number of carbonyl (C=O) groups is 1. The molecule has 1 amide bonds. The third kappa shape index (κ3) is 31.2. The zero-order valence-electron chi connectivity index (χ0n) is 27.9. The maximum absolute atomic E-state index is 11.2. The van der Waals surface area contributed by atoms with Crippen molar-refractivity contribution in [1.82, 2.24) is 14.7 Å². The summed E-state index contributed by atoms with van der Waals surface area (Å²) in [5.41, 5.74) is 3.57. The number of allylic oxidation sites excluding steroid dienone is 1. The Labute approximate surface area is 335 Å². The van der Waals surface area contributed by atoms with E-state index in [4.69, 9.17) is 0 Å². The van der Waals surface area contributed by atoms with E-state index in [2.05, 4.69) is 62.6 Å². The van der Waals surface area contributed by atoms with Crippen LogP contribution in [0.3, 0.4) is 0 Å². The van der Waals surface area contributed by atoms with Crippen LogP contribution < -0.4 is 4.90 Å². The summed E-state index contributed by atoms with van der Waals surface area (Å²) in [5, 5.41) is 4.17. The predicted octanol–water partition coefficient (Wildman–Crippen LogP) is 6.33. The van der Waals surface area contributed by atoms with E-state index in [1.165, 1.54) is 63.6 Å². The summed E-state index contributed by atoms with van der Waals surface area (Å²) in [6.07, 6.45) is 2.96. The Balaban J connectivity index is -0.0000000767. The van der Waals surface area contributed by atoms with E-state index in [0.717, 1.165) is 23.4 Å². The van der Waals surface area contributed by atoms with Crippen LogP contribution in [0.4, 0.5) is 5.82 Å². The molecule has 1 aromatic heterocycles. The topological polar surface area (TPSA) is 41.4 Å². The van der Waals surface area contributed by atoms with Gasteiger partial charge in [-0.2, -0.15) is 0 Å². The third-order valence-corrected chi connectivity index (χ3v) is 6.23. The van der Waals surface area contributed by atoms with Crippen molar-refractivity contribution in [3.63, 3.8) is 0 Å². The molecular formula is C31H51N4OW6-3. The fourth-order valence-corrected chi connectivity index (χ4v) is 3.98. The van der Waals surface area contributed by atoms with Gasteiger partial charge < -0.3 is 4.90 Å². The minimum atomic E-state index is 0. The average Bonchev–Trinajstić information content (AvgIpc) is 3.37. The van der Waals surface area contributed by atoms with Gasteiger partial charge in [0.2, 0.25) is 5.91 Å². The molecule has 0 N–H and O–H groups in total. The first-order valence-electron chi connectivity index (χ1n) is 12.9. The van der Waals surface area contributed by atoms with Crippen LogP contribution in [0, 0.1) is 0 Å². The van der Waals surface area contributed by atoms with E-state index in [1.54, 1.807) is 23.7 Å². The number of hydrogen-bond donors (Lipinski definition) is 0. The molecule has 0 radical (unpaired) electrons. The van der Waals surface area contributed by atoms with Gasteiger partial charge in [0, 0.05) is 82.9 Å². The second kappa shape index (κ2) is 38.4. The van der Waals surface area contributed by atoms with Crippen LogP contribution in [0.5, 0.6) is 0 Å². The zero-order chi connectivity index (χ0) is 31.6. The van der Waals surface area contributed by atoms with Crippen LogP contribution in [0.1, 0.15) is 81.2 Å². The molecule has 2 rings (SSSR count). The van der Waals surface area contributed by atoms with E-state index in [-0.39, 0.29) is 74.5 Å². The number of amides is 1. The summed E-state index contributed by atoms with van der Waals surface area (Å²) in [7, 11) is 7.36. The summed E-state index contributed by atoms with van der Waals surface area (Å²) in [5.74, 6) is 1.04. The number of benzene rings is 1. The average molecular weight is 1600 g/mol. The number of aryl methyl sites for hydroxylation is 1. The summed E-state index contributed by atoms with van der Waals surface area (Å²) in [6.45, 7) is 20.2. The minimum Gasteiger partial charge on any atom is 0 e. The first kappa shape index (κ1) is 58.7. The molecule has 5 nitrogen and oxygen atoms in total. The van der Waals surface area contributed by atoms with E-state index in [1.807, 2.05) is 86.6 Å². The van der Waals surface area contributed by atoms with Crippen molar-refractivity contribution < 1.29 is 126 Å². The van der Waals surface area contributed by atoms with Gasteiger partial charge in [-0.05, 0) is 20.8 Å². The van der Waals surface area contributed by atoms with Crippen molar-refractivity contribution in [3.8, 4) is 0 Å². The van der Waals surface area contributed by atoms with Gasteiger partial charge in [0.25, 0.3) is 0 Å². The number of rotatable bonds is 6. The summed E-state index contributed by atoms with van der Waals surface area (Å²) in [4.78, 5) is 14.6. The molecule has 42 heavy (non-hydrogen) atoms. The van der Waals surface area contributed by atoms with Crippen LogP contribution >= 0.6 is 0 Å². The largest absolute Gasteiger partial charge is 0 e. The number of carbonyl (C=O) groups excluding carboxylic acids is 1. The van der Waals surface area contributed by atoms with Gasteiger partial charge in [0.05, 0.1) is 0 Å². The molecule has 0 saturated carbocycles. The van der Waals surface area contributed by atoms with Crippen molar-refractivity contribution >= 4 is 25.1 Å². The molecule has 11 heteroatoms. The zero-order valence-corrected chi connectivity index (χ0v) is 45.5. The molecule has 0 unspecified atom stereocenters. The predicted molar refractivity (Wildman–Crippen MR) is 162 cm³/mol. The second-order valence-electron chi connectivity index (χ2n) is 8.60. The maximum Gasteiger partial charge on any atom is 0 e. The molecule has 0 aliphatic heterocycles. The van der Waals surface area contributed by atoms with Crippen molar-refractivity contribution in [3.05, 3.63) is 59.3 Å². The van der Waals surface area contributed by atoms with E-state index in [9.17, 15) is 4.79 Å². The second-order valence-corrected chi connectivity index (χ2v) is 11.8. The van der Waals surface area contributed by atoms with E-state index < -0.39 is 0 Å². The molecule has 1 aromatic carbocycles. The van der Waals surface area contributed by atoms with Crippen molar-refractivity contribution in [2.75, 3.05) is 26.0 Å². The molecule has 240 valence electrons. The summed E-state index contributed by atoms with van der Waals surface area (Å²) in [6, 6.07) is 12.6. The third-order valence-electron chi connectivity index (χ3n) is 4.73. The Hall–Kier alpha value is 1.18. The number of aromatic nitrogens is 2. The van der Waals surface area contributed by atoms with Crippen molar-refractivity contribution in [1.29, 1.82) is 0 Å². The first-order valence-corrected chi connectivity index (χ1v) is 17.3. The summed E-state index contributed by atoms with van der Waals surface area (Å²) < 4.78 is 10.9. The molecule has 0 fully saturated rings. The van der Waals surface area contributed by atoms with Gasteiger partial charge in [-0.15, -0.1) is 0 Å². The summed E-state index contributed by atoms with van der Waals surface area (Å²) >= 11 is 4.17. The van der Waals surface area contributed by atoms with Gasteiger partial charge in [-0.3, -0.25) is 4.79 Å². The monoisotopic (exact) mass is 1600 g/mol. The normalized spacial score (nSPS) is 8.14. The fraction of sp³-hybridized carbons (Fsp3) is 0.516. The van der Waals surface area contributed by atoms with Crippen molar-refractivity contribution in [2.24, 2.45) is 7.05 Å². The smallest absolute Gasteiger partial charge is 0 e. The Morgan fingerprint density at radius 2 is 1.33 bits per heavy atom. The minimum absolute atomic E-state index is 0. The van der Waals surface area contributed by atoms with Gasteiger partial charge in [0.15, 0.2) is 0 Å². The molecule has 2 aromatic rings. The first-order chi connectivity index (χ1) is 18.3. The molecular weight excluding hydrogens is 1550 g/mol. The maximum atomic E-state index is 11.2. The van der Waals surface area contributed by atoms with Crippen molar-refractivity contribution in [2.45, 2.75) is 81.1 Å². The Morgan fingerprint density at radius 1 is 0.905 bits per heavy atom. The standard InChI is InChI=1S/C11H13.C8H15NO.C6H8N3.2C2H6.C2H3.6W/c1-4-11(2,3)10-8-6-5-7-9-10;1-6(2)7(3)8(10)9(4)5;1-8(2)6-4-5-9(3)7-6;3*1-2;;;;;;/h5-9H,4H2,2-3H3;1-5H3;4-5H,1,3H3;2*1-2H3;1H3;;;;;;/q-1;;-1;;;-1;;;;;;. The van der Waals surface area contributed by atoms with Gasteiger partial charge >= 0.3 is 187 Å². The Morgan fingerprint density at radius 3 is 1.60 bits per heavy atom. The van der Waals surface area contributed by atoms with Gasteiger partial charge in [-0.1, -0.05) is 33.3 Å². The molecule has 1 heterocycles. The van der Waals surface area contributed by atoms with Gasteiger partial charge in [0.1, 0.15) is 0 Å². The Bertz CT molecular complexity index is 942. The van der Waals surface area contributed by atoms with Crippen LogP contribution in [-0.4, -0.2) is 55.1 Å². The molecule has 0 bridgehead atoms. The number of likely N-dealkylation sites (N-methyl/N-ethyl adjacent to an activating group) is 1. The molecule has 0 saturated heterocycles. The van der Waals surface area contributed by atoms with Crippen LogP contribution in [-0.2, 0) is 139 Å². The number of nitrogens with zero attached hydrogens (tertiary/aromatic N) is 4. The van der Waals surface area contributed by atoms with E-state index in [0.29, 0.717) is 0 Å². The van der Waals surface area contributed by atoms with Crippen LogP contribution in [0.15, 0.2) is 53.7 Å².